The molecule has 16 heavy (non-hydrogen) atoms. The van der Waals surface area contributed by atoms with E-state index in [9.17, 15) is 0 Å². The minimum Gasteiger partial charge on any atom is -0.467 e. The number of rotatable bonds is 6. The number of nitrogens with zero attached hydrogens (tertiary/aromatic N) is 3. The first kappa shape index (κ1) is 13.0. The predicted molar refractivity (Wildman–Crippen MR) is 62.9 cm³/mol. The van der Waals surface area contributed by atoms with Gasteiger partial charge in [0, 0.05) is 11.8 Å². The van der Waals surface area contributed by atoms with Gasteiger partial charge < -0.3 is 15.2 Å². The van der Waals surface area contributed by atoms with Crippen molar-refractivity contribution in [2.75, 3.05) is 25.6 Å². The minimum atomic E-state index is 0.0431. The third-order valence-corrected chi connectivity index (χ3v) is 2.62. The normalized spacial score (nSPS) is 12.2. The van der Waals surface area contributed by atoms with Crippen LogP contribution < -0.4 is 10.1 Å². The smallest absolute Gasteiger partial charge is 0.321 e. The van der Waals surface area contributed by atoms with E-state index in [0.29, 0.717) is 11.1 Å². The van der Waals surface area contributed by atoms with Crippen molar-refractivity contribution in [2.45, 2.75) is 24.3 Å². The minimum absolute atomic E-state index is 0.0431. The monoisotopic (exact) mass is 244 g/mol. The molecule has 0 aromatic carbocycles. The van der Waals surface area contributed by atoms with E-state index in [1.807, 2.05) is 13.8 Å². The lowest BCUT2D eigenvalue weighted by atomic mass is 10.5. The molecule has 6 nitrogen and oxygen atoms in total. The van der Waals surface area contributed by atoms with Crippen LogP contribution in [0.1, 0.15) is 13.8 Å². The van der Waals surface area contributed by atoms with Crippen LogP contribution in [0.2, 0.25) is 0 Å². The molecule has 90 valence electrons. The molecule has 2 N–H and O–H groups in total. The fourth-order valence-electron chi connectivity index (χ4n) is 0.936. The average Bonchev–Trinajstić information content (AvgIpc) is 2.29. The summed E-state index contributed by atoms with van der Waals surface area (Å²) in [6, 6.07) is 0.276. The van der Waals surface area contributed by atoms with Gasteiger partial charge in [-0.25, -0.2) is 0 Å². The molecule has 7 heteroatoms. The second-order valence-corrected chi connectivity index (χ2v) is 4.48. The number of nitrogens with one attached hydrogen (secondary N) is 1. The van der Waals surface area contributed by atoms with Crippen molar-refractivity contribution >= 4 is 17.7 Å². The summed E-state index contributed by atoms with van der Waals surface area (Å²) < 4.78 is 4.98. The van der Waals surface area contributed by atoms with E-state index in [1.165, 1.54) is 18.9 Å². The van der Waals surface area contributed by atoms with Gasteiger partial charge in [0.05, 0.1) is 13.7 Å². The van der Waals surface area contributed by atoms with Crippen LogP contribution in [0.4, 0.5) is 5.95 Å². The van der Waals surface area contributed by atoms with Gasteiger partial charge in [-0.3, -0.25) is 0 Å². The molecule has 0 fully saturated rings. The van der Waals surface area contributed by atoms with Crippen molar-refractivity contribution in [3.63, 3.8) is 0 Å². The predicted octanol–water partition coefficient (Wildman–Crippen LogP) is 0.785. The molecule has 0 spiro atoms. The van der Waals surface area contributed by atoms with Crippen molar-refractivity contribution in [1.82, 2.24) is 15.0 Å². The Kier molecular flexibility index (Phi) is 5.27. The maximum absolute atomic E-state index is 8.96. The maximum atomic E-state index is 8.96. The van der Waals surface area contributed by atoms with Gasteiger partial charge in [-0.1, -0.05) is 18.7 Å². The van der Waals surface area contributed by atoms with Crippen LogP contribution >= 0.6 is 11.8 Å². The molecule has 1 rings (SSSR count). The first-order valence-electron chi connectivity index (χ1n) is 5.01. The van der Waals surface area contributed by atoms with E-state index >= 15 is 0 Å². The lowest BCUT2D eigenvalue weighted by molar-refractivity contribution is 0.299. The van der Waals surface area contributed by atoms with Gasteiger partial charge in [0.15, 0.2) is 5.16 Å². The molecule has 0 bridgehead atoms. The largest absolute Gasteiger partial charge is 0.467 e. The van der Waals surface area contributed by atoms with Crippen molar-refractivity contribution < 1.29 is 9.84 Å². The Bertz CT molecular complexity index is 337. The zero-order chi connectivity index (χ0) is 12.0. The van der Waals surface area contributed by atoms with Crippen LogP contribution in [0.3, 0.4) is 0 Å². The quantitative estimate of drug-likeness (QED) is 0.716. The second kappa shape index (κ2) is 6.49. The number of hydrogen-bond donors (Lipinski definition) is 2. The highest BCUT2D eigenvalue weighted by atomic mass is 32.2. The van der Waals surface area contributed by atoms with Crippen molar-refractivity contribution in [3.8, 4) is 6.01 Å². The van der Waals surface area contributed by atoms with Gasteiger partial charge in [-0.2, -0.15) is 15.0 Å². The zero-order valence-corrected chi connectivity index (χ0v) is 10.4. The summed E-state index contributed by atoms with van der Waals surface area (Å²) in [5, 5.41) is 12.5. The molecule has 0 radical (unpaired) electrons. The van der Waals surface area contributed by atoms with Gasteiger partial charge in [0.25, 0.3) is 0 Å². The number of ether oxygens (including phenoxy) is 1. The average molecular weight is 244 g/mol. The highest BCUT2D eigenvalue weighted by Gasteiger charge is 2.10. The fourth-order valence-corrected chi connectivity index (χ4v) is 1.64. The summed E-state index contributed by atoms with van der Waals surface area (Å²) in [5.41, 5.74) is 0. The number of aromatic nitrogens is 3. The van der Waals surface area contributed by atoms with E-state index < -0.39 is 0 Å². The Labute approximate surface area is 98.9 Å². The fraction of sp³-hybridized carbons (Fsp3) is 0.667. The molecule has 0 aliphatic rings. The Morgan fingerprint density at radius 3 is 2.75 bits per heavy atom. The number of thioether (sulfide) groups is 1. The first-order valence-corrected chi connectivity index (χ1v) is 5.89. The van der Waals surface area contributed by atoms with Gasteiger partial charge in [0.2, 0.25) is 5.95 Å². The van der Waals surface area contributed by atoms with Crippen LogP contribution in [0.25, 0.3) is 0 Å². The van der Waals surface area contributed by atoms with Gasteiger partial charge in [-0.15, -0.1) is 0 Å². The van der Waals surface area contributed by atoms with Gasteiger partial charge in [-0.05, 0) is 6.92 Å². The molecule has 0 aliphatic carbocycles. The van der Waals surface area contributed by atoms with E-state index in [1.54, 1.807) is 0 Å². The van der Waals surface area contributed by atoms with Crippen LogP contribution in [-0.2, 0) is 0 Å². The third kappa shape index (κ3) is 3.82. The van der Waals surface area contributed by atoms with Crippen molar-refractivity contribution in [3.05, 3.63) is 0 Å². The SMILES string of the molecule is CCNc1nc(OC)nc(SC(C)CO)n1. The standard InChI is InChI=1S/C9H16N4O2S/c1-4-10-7-11-8(15-3)13-9(12-7)16-6(2)5-14/h6,14H,4-5H2,1-3H3,(H,10,11,12,13). The Hall–Kier alpha value is -1.08. The summed E-state index contributed by atoms with van der Waals surface area (Å²) in [6.07, 6.45) is 0. The molecule has 1 aromatic heterocycles. The molecule has 1 heterocycles. The lowest BCUT2D eigenvalue weighted by Crippen LogP contribution is -2.08. The molecule has 0 saturated heterocycles. The lowest BCUT2D eigenvalue weighted by Gasteiger charge is -2.08. The summed E-state index contributed by atoms with van der Waals surface area (Å²) in [7, 11) is 1.51. The number of aliphatic hydroxyl groups is 1. The van der Waals surface area contributed by atoms with Crippen LogP contribution in [0.5, 0.6) is 6.01 Å². The van der Waals surface area contributed by atoms with E-state index in [2.05, 4.69) is 20.3 Å². The topological polar surface area (TPSA) is 80.2 Å². The van der Waals surface area contributed by atoms with Gasteiger partial charge >= 0.3 is 6.01 Å². The summed E-state index contributed by atoms with van der Waals surface area (Å²) in [5.74, 6) is 0.488. The number of methoxy groups -OCH3 is 1. The zero-order valence-electron chi connectivity index (χ0n) is 9.60. The van der Waals surface area contributed by atoms with Crippen molar-refractivity contribution in [2.24, 2.45) is 0 Å². The molecule has 0 saturated carbocycles. The van der Waals surface area contributed by atoms with E-state index in [-0.39, 0.29) is 17.9 Å². The van der Waals surface area contributed by atoms with Crippen LogP contribution in [-0.4, -0.2) is 45.6 Å². The molecular formula is C9H16N4O2S. The Morgan fingerprint density at radius 2 is 2.19 bits per heavy atom. The summed E-state index contributed by atoms with van der Waals surface area (Å²) >= 11 is 1.38. The molecule has 1 aromatic rings. The summed E-state index contributed by atoms with van der Waals surface area (Å²) in [4.78, 5) is 12.3. The third-order valence-electron chi connectivity index (χ3n) is 1.68. The van der Waals surface area contributed by atoms with Crippen LogP contribution in [0, 0.1) is 0 Å². The maximum Gasteiger partial charge on any atom is 0.321 e. The first-order chi connectivity index (χ1) is 7.69. The molecule has 0 aliphatic heterocycles. The highest BCUT2D eigenvalue weighted by Crippen LogP contribution is 2.21. The molecule has 1 unspecified atom stereocenters. The second-order valence-electron chi connectivity index (χ2n) is 3.07. The number of aliphatic hydroxyl groups excluding tert-OH is 1. The highest BCUT2D eigenvalue weighted by molar-refractivity contribution is 7.99. The molecule has 0 amide bonds. The Balaban J connectivity index is 2.85. The van der Waals surface area contributed by atoms with Gasteiger partial charge in [0.1, 0.15) is 0 Å². The Morgan fingerprint density at radius 1 is 1.44 bits per heavy atom. The van der Waals surface area contributed by atoms with E-state index in [0.717, 1.165) is 6.54 Å². The number of anilines is 1. The summed E-state index contributed by atoms with van der Waals surface area (Å²) in [6.45, 7) is 4.66. The molecular weight excluding hydrogens is 228 g/mol. The van der Waals surface area contributed by atoms with E-state index in [4.69, 9.17) is 9.84 Å². The molecule has 1 atom stereocenters. The van der Waals surface area contributed by atoms with Crippen molar-refractivity contribution in [1.29, 1.82) is 0 Å². The van der Waals surface area contributed by atoms with Crippen LogP contribution in [0.15, 0.2) is 5.16 Å². The number of hydrogen-bond acceptors (Lipinski definition) is 7.